The monoisotopic (exact) mass is 310 g/mol. The van der Waals surface area contributed by atoms with Crippen LogP contribution >= 0.6 is 0 Å². The van der Waals surface area contributed by atoms with E-state index in [0.717, 1.165) is 38.3 Å². The van der Waals surface area contributed by atoms with Crippen LogP contribution in [0.2, 0.25) is 0 Å². The van der Waals surface area contributed by atoms with Crippen molar-refractivity contribution in [2.24, 2.45) is 0 Å². The molecule has 1 aliphatic rings. The molecule has 0 aliphatic carbocycles. The van der Waals surface area contributed by atoms with Crippen molar-refractivity contribution in [1.29, 1.82) is 5.26 Å². The van der Waals surface area contributed by atoms with Crippen molar-refractivity contribution in [3.63, 3.8) is 0 Å². The molecule has 1 aliphatic heterocycles. The van der Waals surface area contributed by atoms with Gasteiger partial charge < -0.3 is 10.2 Å². The van der Waals surface area contributed by atoms with E-state index in [2.05, 4.69) is 27.1 Å². The number of benzene rings is 1. The summed E-state index contributed by atoms with van der Waals surface area (Å²) in [5.74, 6) is 2.39. The number of amides is 1. The normalized spacial score (nSPS) is 16.7. The first kappa shape index (κ1) is 16.9. The van der Waals surface area contributed by atoms with Crippen molar-refractivity contribution in [1.82, 2.24) is 10.2 Å². The van der Waals surface area contributed by atoms with Gasteiger partial charge in [-0.2, -0.15) is 5.26 Å². The van der Waals surface area contributed by atoms with Crippen LogP contribution in [0.3, 0.4) is 0 Å². The molecule has 0 radical (unpaired) electrons. The van der Waals surface area contributed by atoms with Gasteiger partial charge in [0.05, 0.1) is 23.8 Å². The van der Waals surface area contributed by atoms with Gasteiger partial charge in [-0.1, -0.05) is 18.1 Å². The molecule has 1 atom stereocenters. The number of nitrogens with zero attached hydrogens (tertiary/aromatic N) is 3. The Bertz CT molecular complexity index is 629. The highest BCUT2D eigenvalue weighted by Gasteiger charge is 2.24. The molecule has 0 spiro atoms. The van der Waals surface area contributed by atoms with Gasteiger partial charge in [0, 0.05) is 26.2 Å². The van der Waals surface area contributed by atoms with E-state index in [-0.39, 0.29) is 18.5 Å². The fourth-order valence-corrected chi connectivity index (χ4v) is 2.86. The molecule has 5 nitrogen and oxygen atoms in total. The molecule has 1 heterocycles. The number of para-hydroxylation sites is 1. The number of hydrogen-bond donors (Lipinski definition) is 1. The van der Waals surface area contributed by atoms with E-state index >= 15 is 0 Å². The molecule has 5 heteroatoms. The molecule has 1 aromatic carbocycles. The average Bonchev–Trinajstić information content (AvgIpc) is 2.84. The van der Waals surface area contributed by atoms with E-state index < -0.39 is 0 Å². The Morgan fingerprint density at radius 1 is 1.35 bits per heavy atom. The Hall–Kier alpha value is -2.50. The molecule has 1 fully saturated rings. The molecule has 1 N–H and O–H groups in total. The van der Waals surface area contributed by atoms with Crippen molar-refractivity contribution in [2.45, 2.75) is 19.4 Å². The highest BCUT2D eigenvalue weighted by Crippen LogP contribution is 2.21. The van der Waals surface area contributed by atoms with E-state index in [0.29, 0.717) is 5.56 Å². The lowest BCUT2D eigenvalue weighted by Gasteiger charge is -2.27. The lowest BCUT2D eigenvalue weighted by molar-refractivity contribution is -0.125. The zero-order valence-corrected chi connectivity index (χ0v) is 13.5. The summed E-state index contributed by atoms with van der Waals surface area (Å²) in [5.41, 5.74) is 1.67. The summed E-state index contributed by atoms with van der Waals surface area (Å²) in [6.07, 6.45) is 6.13. The van der Waals surface area contributed by atoms with E-state index in [1.165, 1.54) is 0 Å². The van der Waals surface area contributed by atoms with Gasteiger partial charge in [0.1, 0.15) is 6.07 Å². The Morgan fingerprint density at radius 2 is 2.13 bits per heavy atom. The summed E-state index contributed by atoms with van der Waals surface area (Å²) in [5, 5.41) is 12.0. The molecular weight excluding hydrogens is 288 g/mol. The third kappa shape index (κ3) is 4.25. The van der Waals surface area contributed by atoms with Crippen LogP contribution in [-0.2, 0) is 4.79 Å². The summed E-state index contributed by atoms with van der Waals surface area (Å²) in [6, 6.07) is 9.71. The van der Waals surface area contributed by atoms with Crippen LogP contribution in [0.5, 0.6) is 0 Å². The number of nitriles is 1. The molecular formula is C18H22N4O. The number of carbonyl (C=O) groups is 1. The Morgan fingerprint density at radius 3 is 2.87 bits per heavy atom. The molecule has 2 rings (SSSR count). The third-order valence-electron chi connectivity index (χ3n) is 4.19. The summed E-state index contributed by atoms with van der Waals surface area (Å²) in [6.45, 7) is 5.49. The van der Waals surface area contributed by atoms with Crippen molar-refractivity contribution < 1.29 is 4.79 Å². The van der Waals surface area contributed by atoms with Crippen molar-refractivity contribution in [3.8, 4) is 18.4 Å². The minimum atomic E-state index is -0.200. The predicted molar refractivity (Wildman–Crippen MR) is 90.9 cm³/mol. The van der Waals surface area contributed by atoms with Crippen molar-refractivity contribution >= 4 is 11.6 Å². The maximum absolute atomic E-state index is 12.1. The Kier molecular flexibility index (Phi) is 6.02. The average molecular weight is 310 g/mol. The molecule has 23 heavy (non-hydrogen) atoms. The van der Waals surface area contributed by atoms with Crippen molar-refractivity contribution in [2.75, 3.05) is 37.6 Å². The second kappa shape index (κ2) is 8.22. The molecule has 0 saturated carbocycles. The second-order valence-electron chi connectivity index (χ2n) is 5.60. The fraction of sp³-hybridized carbons (Fsp3) is 0.444. The summed E-state index contributed by atoms with van der Waals surface area (Å²) >= 11 is 0. The second-order valence-corrected chi connectivity index (χ2v) is 5.60. The van der Waals surface area contributed by atoms with Gasteiger partial charge in [0.25, 0.3) is 0 Å². The maximum Gasteiger partial charge on any atom is 0.237 e. The fourth-order valence-electron chi connectivity index (χ4n) is 2.86. The summed E-state index contributed by atoms with van der Waals surface area (Å²) < 4.78 is 0. The van der Waals surface area contributed by atoms with Gasteiger partial charge >= 0.3 is 0 Å². The van der Waals surface area contributed by atoms with Gasteiger partial charge in [-0.05, 0) is 25.5 Å². The lowest BCUT2D eigenvalue weighted by atomic mass is 10.1. The molecule has 0 aromatic heterocycles. The third-order valence-corrected chi connectivity index (χ3v) is 4.19. The zero-order valence-electron chi connectivity index (χ0n) is 13.5. The van der Waals surface area contributed by atoms with E-state index in [9.17, 15) is 10.1 Å². The minimum Gasteiger partial charge on any atom is -0.369 e. The topological polar surface area (TPSA) is 59.4 Å². The molecule has 1 unspecified atom stereocenters. The first-order chi connectivity index (χ1) is 11.2. The number of hydrogen-bond acceptors (Lipinski definition) is 4. The highest BCUT2D eigenvalue weighted by atomic mass is 16.2. The Balaban J connectivity index is 2.01. The number of rotatable bonds is 4. The number of nitrogens with one attached hydrogen (secondary N) is 1. The smallest absolute Gasteiger partial charge is 0.237 e. The van der Waals surface area contributed by atoms with Crippen LogP contribution in [-0.4, -0.2) is 49.6 Å². The van der Waals surface area contributed by atoms with Gasteiger partial charge in [-0.25, -0.2) is 0 Å². The maximum atomic E-state index is 12.1. The summed E-state index contributed by atoms with van der Waals surface area (Å²) in [7, 11) is 0. The molecule has 1 aromatic rings. The van der Waals surface area contributed by atoms with Gasteiger partial charge in [0.2, 0.25) is 5.91 Å². The van der Waals surface area contributed by atoms with Gasteiger partial charge in [-0.3, -0.25) is 9.69 Å². The lowest BCUT2D eigenvalue weighted by Crippen LogP contribution is -2.46. The SMILES string of the molecule is C#CCNC(=O)C(C)N1CCCN(c2ccccc2C#N)CC1. The van der Waals surface area contributed by atoms with Gasteiger partial charge in [0.15, 0.2) is 0 Å². The number of terminal acetylenes is 1. The Labute approximate surface area is 137 Å². The van der Waals surface area contributed by atoms with Crippen LogP contribution in [0, 0.1) is 23.7 Å². The molecule has 0 bridgehead atoms. The van der Waals surface area contributed by atoms with Crippen LogP contribution in [0.4, 0.5) is 5.69 Å². The first-order valence-electron chi connectivity index (χ1n) is 7.86. The van der Waals surface area contributed by atoms with E-state index in [1.807, 2.05) is 31.2 Å². The van der Waals surface area contributed by atoms with Crippen LogP contribution in [0.1, 0.15) is 18.9 Å². The van der Waals surface area contributed by atoms with Crippen molar-refractivity contribution in [3.05, 3.63) is 29.8 Å². The molecule has 120 valence electrons. The van der Waals surface area contributed by atoms with E-state index in [4.69, 9.17) is 6.42 Å². The van der Waals surface area contributed by atoms with Gasteiger partial charge in [-0.15, -0.1) is 6.42 Å². The first-order valence-corrected chi connectivity index (χ1v) is 7.86. The molecule has 1 saturated heterocycles. The number of carbonyl (C=O) groups excluding carboxylic acids is 1. The molecule has 1 amide bonds. The largest absolute Gasteiger partial charge is 0.369 e. The zero-order chi connectivity index (χ0) is 16.7. The highest BCUT2D eigenvalue weighted by molar-refractivity contribution is 5.81. The van der Waals surface area contributed by atoms with Crippen LogP contribution in [0.15, 0.2) is 24.3 Å². The predicted octanol–water partition coefficient (Wildman–Crippen LogP) is 1.21. The quantitative estimate of drug-likeness (QED) is 0.849. The van der Waals surface area contributed by atoms with Crippen LogP contribution < -0.4 is 10.2 Å². The van der Waals surface area contributed by atoms with E-state index in [1.54, 1.807) is 0 Å². The minimum absolute atomic E-state index is 0.0335. The summed E-state index contributed by atoms with van der Waals surface area (Å²) in [4.78, 5) is 16.5. The number of anilines is 1. The standard InChI is InChI=1S/C18H22N4O/c1-3-9-20-18(23)15(2)21-10-6-11-22(13-12-21)17-8-5-4-7-16(17)14-19/h1,4-5,7-8,15H,6,9-13H2,2H3,(H,20,23). The van der Waals surface area contributed by atoms with Crippen LogP contribution in [0.25, 0.3) is 0 Å².